The first-order valence-electron chi connectivity index (χ1n) is 7.07. The fourth-order valence-electron chi connectivity index (χ4n) is 2.52. The zero-order chi connectivity index (χ0) is 15.1. The minimum Gasteiger partial charge on any atom is -0.465 e. The van der Waals surface area contributed by atoms with Crippen LogP contribution in [0.4, 0.5) is 10.5 Å². The molecule has 2 rings (SSSR count). The van der Waals surface area contributed by atoms with Crippen LogP contribution in [0.25, 0.3) is 0 Å². The van der Waals surface area contributed by atoms with Crippen LogP contribution in [0.1, 0.15) is 25.7 Å². The van der Waals surface area contributed by atoms with Crippen molar-refractivity contribution in [3.8, 4) is 0 Å². The highest BCUT2D eigenvalue weighted by atomic mass is 35.5. The van der Waals surface area contributed by atoms with E-state index in [0.717, 1.165) is 25.7 Å². The predicted octanol–water partition coefficient (Wildman–Crippen LogP) is 3.19. The SMILES string of the molecule is O=COC1CCC(CNC(=O)Nc2ccccc2Cl)CC1. The van der Waals surface area contributed by atoms with Crippen molar-refractivity contribution in [1.82, 2.24) is 5.32 Å². The van der Waals surface area contributed by atoms with Gasteiger partial charge in [-0.1, -0.05) is 23.7 Å². The lowest BCUT2D eigenvalue weighted by atomic mass is 9.87. The van der Waals surface area contributed by atoms with Crippen molar-refractivity contribution in [2.24, 2.45) is 5.92 Å². The maximum Gasteiger partial charge on any atom is 0.319 e. The monoisotopic (exact) mass is 310 g/mol. The van der Waals surface area contributed by atoms with E-state index in [4.69, 9.17) is 16.3 Å². The van der Waals surface area contributed by atoms with Gasteiger partial charge >= 0.3 is 6.03 Å². The lowest BCUT2D eigenvalue weighted by molar-refractivity contribution is -0.135. The Labute approximate surface area is 129 Å². The Balaban J connectivity index is 1.70. The lowest BCUT2D eigenvalue weighted by Crippen LogP contribution is -2.35. The molecule has 0 radical (unpaired) electrons. The van der Waals surface area contributed by atoms with Gasteiger partial charge in [-0.15, -0.1) is 0 Å². The molecular weight excluding hydrogens is 292 g/mol. The molecule has 0 atom stereocenters. The van der Waals surface area contributed by atoms with Crippen molar-refractivity contribution in [3.63, 3.8) is 0 Å². The number of hydrogen-bond acceptors (Lipinski definition) is 3. The molecule has 0 bridgehead atoms. The van der Waals surface area contributed by atoms with Gasteiger partial charge in [0.25, 0.3) is 6.47 Å². The van der Waals surface area contributed by atoms with Crippen molar-refractivity contribution >= 4 is 29.8 Å². The van der Waals surface area contributed by atoms with Crippen LogP contribution in [0.5, 0.6) is 0 Å². The number of amides is 2. The van der Waals surface area contributed by atoms with Gasteiger partial charge in [-0.2, -0.15) is 0 Å². The Hall–Kier alpha value is -1.75. The van der Waals surface area contributed by atoms with Gasteiger partial charge in [0.15, 0.2) is 0 Å². The number of carbonyl (C=O) groups excluding carboxylic acids is 2. The van der Waals surface area contributed by atoms with Crippen LogP contribution in [-0.4, -0.2) is 25.2 Å². The van der Waals surface area contributed by atoms with E-state index in [2.05, 4.69) is 10.6 Å². The first kappa shape index (κ1) is 15.6. The summed E-state index contributed by atoms with van der Waals surface area (Å²) in [6.07, 6.45) is 3.65. The maximum absolute atomic E-state index is 11.8. The van der Waals surface area contributed by atoms with E-state index in [-0.39, 0.29) is 12.1 Å². The van der Waals surface area contributed by atoms with E-state index in [9.17, 15) is 9.59 Å². The topological polar surface area (TPSA) is 67.4 Å². The van der Waals surface area contributed by atoms with Crippen molar-refractivity contribution in [1.29, 1.82) is 0 Å². The van der Waals surface area contributed by atoms with Crippen molar-refractivity contribution < 1.29 is 14.3 Å². The predicted molar refractivity (Wildman–Crippen MR) is 81.4 cm³/mol. The van der Waals surface area contributed by atoms with Crippen LogP contribution in [-0.2, 0) is 9.53 Å². The van der Waals surface area contributed by atoms with Crippen molar-refractivity contribution in [2.75, 3.05) is 11.9 Å². The molecule has 0 saturated heterocycles. The van der Waals surface area contributed by atoms with Gasteiger partial charge in [0.05, 0.1) is 10.7 Å². The molecule has 1 saturated carbocycles. The van der Waals surface area contributed by atoms with E-state index in [1.54, 1.807) is 12.1 Å². The second kappa shape index (κ2) is 7.88. The van der Waals surface area contributed by atoms with E-state index in [1.807, 2.05) is 12.1 Å². The molecule has 5 nitrogen and oxygen atoms in total. The number of ether oxygens (including phenoxy) is 1. The maximum atomic E-state index is 11.8. The number of anilines is 1. The van der Waals surface area contributed by atoms with Crippen LogP contribution >= 0.6 is 11.6 Å². The van der Waals surface area contributed by atoms with Crippen molar-refractivity contribution in [3.05, 3.63) is 29.3 Å². The molecule has 2 N–H and O–H groups in total. The lowest BCUT2D eigenvalue weighted by Gasteiger charge is -2.27. The highest BCUT2D eigenvalue weighted by molar-refractivity contribution is 6.33. The number of hydrogen-bond donors (Lipinski definition) is 2. The average molecular weight is 311 g/mol. The number of halogens is 1. The van der Waals surface area contributed by atoms with Gasteiger partial charge < -0.3 is 15.4 Å². The van der Waals surface area contributed by atoms with Gasteiger partial charge in [0.2, 0.25) is 0 Å². The largest absolute Gasteiger partial charge is 0.465 e. The summed E-state index contributed by atoms with van der Waals surface area (Å²) < 4.78 is 4.95. The zero-order valence-electron chi connectivity index (χ0n) is 11.7. The molecule has 1 aliphatic rings. The summed E-state index contributed by atoms with van der Waals surface area (Å²) >= 11 is 5.98. The summed E-state index contributed by atoms with van der Waals surface area (Å²) in [6, 6.07) is 6.85. The van der Waals surface area contributed by atoms with Crippen LogP contribution < -0.4 is 10.6 Å². The first-order valence-corrected chi connectivity index (χ1v) is 7.45. The second-order valence-corrected chi connectivity index (χ2v) is 5.60. The molecular formula is C15H19ClN2O3. The number of benzene rings is 1. The summed E-state index contributed by atoms with van der Waals surface area (Å²) in [6.45, 7) is 1.13. The van der Waals surface area contributed by atoms with Crippen LogP contribution in [0.3, 0.4) is 0 Å². The Morgan fingerprint density at radius 3 is 2.67 bits per heavy atom. The summed E-state index contributed by atoms with van der Waals surface area (Å²) in [5.74, 6) is 0.425. The summed E-state index contributed by atoms with van der Waals surface area (Å²) in [5.41, 5.74) is 0.597. The van der Waals surface area contributed by atoms with E-state index < -0.39 is 0 Å². The molecule has 114 valence electrons. The van der Waals surface area contributed by atoms with Crippen LogP contribution in [0, 0.1) is 5.92 Å². The number of para-hydroxylation sites is 1. The summed E-state index contributed by atoms with van der Waals surface area (Å²) in [4.78, 5) is 22.1. The smallest absolute Gasteiger partial charge is 0.319 e. The fraction of sp³-hybridized carbons (Fsp3) is 0.467. The Morgan fingerprint density at radius 2 is 2.00 bits per heavy atom. The molecule has 1 fully saturated rings. The third-order valence-corrected chi connectivity index (χ3v) is 4.04. The molecule has 1 aliphatic carbocycles. The first-order chi connectivity index (χ1) is 10.2. The number of nitrogens with one attached hydrogen (secondary N) is 2. The molecule has 21 heavy (non-hydrogen) atoms. The second-order valence-electron chi connectivity index (χ2n) is 5.19. The van der Waals surface area contributed by atoms with E-state index in [1.165, 1.54) is 0 Å². The minimum atomic E-state index is -0.255. The number of rotatable bonds is 5. The van der Waals surface area contributed by atoms with E-state index in [0.29, 0.717) is 29.6 Å². The number of carbonyl (C=O) groups is 2. The van der Waals surface area contributed by atoms with Crippen LogP contribution in [0.15, 0.2) is 24.3 Å². The van der Waals surface area contributed by atoms with Gasteiger partial charge in [0.1, 0.15) is 6.10 Å². The highest BCUT2D eigenvalue weighted by Crippen LogP contribution is 2.25. The molecule has 2 amide bonds. The third-order valence-electron chi connectivity index (χ3n) is 3.72. The Morgan fingerprint density at radius 1 is 1.29 bits per heavy atom. The Kier molecular flexibility index (Phi) is 5.87. The van der Waals surface area contributed by atoms with Crippen LogP contribution in [0.2, 0.25) is 5.02 Å². The van der Waals surface area contributed by atoms with Gasteiger partial charge in [-0.3, -0.25) is 4.79 Å². The number of urea groups is 1. The summed E-state index contributed by atoms with van der Waals surface area (Å²) in [7, 11) is 0. The highest BCUT2D eigenvalue weighted by Gasteiger charge is 2.22. The summed E-state index contributed by atoms with van der Waals surface area (Å²) in [5, 5.41) is 6.09. The minimum absolute atomic E-state index is 0.0377. The molecule has 0 aliphatic heterocycles. The normalized spacial score (nSPS) is 21.4. The van der Waals surface area contributed by atoms with E-state index >= 15 is 0 Å². The molecule has 1 aromatic carbocycles. The molecule has 0 spiro atoms. The van der Waals surface area contributed by atoms with Gasteiger partial charge in [-0.05, 0) is 43.7 Å². The van der Waals surface area contributed by atoms with Crippen molar-refractivity contribution in [2.45, 2.75) is 31.8 Å². The molecule has 0 unspecified atom stereocenters. The zero-order valence-corrected chi connectivity index (χ0v) is 12.4. The standard InChI is InChI=1S/C15H19ClN2O3/c16-13-3-1-2-4-14(13)18-15(20)17-9-11-5-7-12(8-6-11)21-10-19/h1-4,10-12H,5-9H2,(H2,17,18,20). The third kappa shape index (κ3) is 4.93. The fourth-order valence-corrected chi connectivity index (χ4v) is 2.70. The quantitative estimate of drug-likeness (QED) is 0.821. The Bertz CT molecular complexity index is 488. The van der Waals surface area contributed by atoms with Gasteiger partial charge in [0, 0.05) is 6.54 Å². The molecule has 0 heterocycles. The van der Waals surface area contributed by atoms with Gasteiger partial charge in [-0.25, -0.2) is 4.79 Å². The molecule has 6 heteroatoms. The molecule has 0 aromatic heterocycles. The average Bonchev–Trinajstić information content (AvgIpc) is 2.49. The molecule has 1 aromatic rings.